The summed E-state index contributed by atoms with van der Waals surface area (Å²) in [4.78, 5) is 53.8. The Morgan fingerprint density at radius 1 is 0.937 bits per heavy atom. The summed E-state index contributed by atoms with van der Waals surface area (Å²) in [7, 11) is 4.28. The minimum atomic E-state index is -2.38. The molecule has 3 aromatic rings. The van der Waals surface area contributed by atoms with E-state index in [0.717, 1.165) is 34.1 Å². The summed E-state index contributed by atoms with van der Waals surface area (Å²) in [5.41, 5.74) is -2.04. The molecule has 14 heteroatoms. The maximum Gasteiger partial charge on any atom is 0.344 e. The molecule has 9 rings (SSSR count). The van der Waals surface area contributed by atoms with Crippen LogP contribution in [0.1, 0.15) is 88.6 Å². The molecule has 6 aliphatic rings. The Morgan fingerprint density at radius 3 is 2.41 bits per heavy atom. The number of benzene rings is 2. The third-order valence-corrected chi connectivity index (χ3v) is 16.0. The van der Waals surface area contributed by atoms with Gasteiger partial charge in [0.2, 0.25) is 5.60 Å². The van der Waals surface area contributed by atoms with Crippen molar-refractivity contribution >= 4 is 34.5 Å². The van der Waals surface area contributed by atoms with Crippen molar-refractivity contribution in [3.63, 3.8) is 0 Å². The quantitative estimate of drug-likeness (QED) is 0.105. The molecule has 0 radical (unpaired) electrons. The van der Waals surface area contributed by atoms with Gasteiger partial charge in [-0.25, -0.2) is 4.79 Å². The number of carbonyl (C=O) groups is 3. The second-order valence-electron chi connectivity index (χ2n) is 19.1. The smallest absolute Gasteiger partial charge is 0.344 e. The van der Waals surface area contributed by atoms with E-state index in [1.807, 2.05) is 56.0 Å². The third-order valence-electron chi connectivity index (χ3n) is 16.0. The Hall–Kier alpha value is -4.47. The second kappa shape index (κ2) is 15.9. The number of aromatic nitrogens is 1. The van der Waals surface area contributed by atoms with E-state index in [2.05, 4.69) is 33.0 Å². The van der Waals surface area contributed by atoms with Gasteiger partial charge in [0, 0.05) is 90.5 Å². The van der Waals surface area contributed by atoms with E-state index < -0.39 is 57.5 Å². The molecule has 1 spiro atoms. The van der Waals surface area contributed by atoms with Crippen LogP contribution >= 0.6 is 0 Å². The first-order valence-electron chi connectivity index (χ1n) is 22.9. The number of methoxy groups -OCH3 is 3. The van der Waals surface area contributed by atoms with Crippen LogP contribution in [0.25, 0.3) is 10.9 Å². The van der Waals surface area contributed by atoms with Crippen LogP contribution in [-0.4, -0.2) is 140 Å². The van der Waals surface area contributed by atoms with E-state index in [9.17, 15) is 19.8 Å². The summed E-state index contributed by atoms with van der Waals surface area (Å²) in [6, 6.07) is 10.8. The van der Waals surface area contributed by atoms with Crippen LogP contribution in [0, 0.1) is 11.3 Å². The molecular weight excluding hydrogens is 805 g/mol. The van der Waals surface area contributed by atoms with Gasteiger partial charge in [0.15, 0.2) is 6.10 Å². The second-order valence-corrected chi connectivity index (χ2v) is 19.1. The molecule has 5 aliphatic heterocycles. The first kappa shape index (κ1) is 43.8. The van der Waals surface area contributed by atoms with Crippen molar-refractivity contribution in [3.8, 4) is 5.75 Å². The zero-order valence-electron chi connectivity index (χ0n) is 37.8. The van der Waals surface area contributed by atoms with Gasteiger partial charge in [0.05, 0.1) is 33.0 Å². The molecule has 1 aromatic heterocycles. The van der Waals surface area contributed by atoms with Crippen LogP contribution in [0.15, 0.2) is 48.6 Å². The maximum absolute atomic E-state index is 15.5. The number of H-pyrrole nitrogens is 1. The van der Waals surface area contributed by atoms with Crippen LogP contribution < -0.4 is 9.64 Å². The Kier molecular flexibility index (Phi) is 11.0. The fourth-order valence-electron chi connectivity index (χ4n) is 13.8. The lowest BCUT2D eigenvalue weighted by atomic mass is 9.47. The molecule has 2 saturated heterocycles. The van der Waals surface area contributed by atoms with E-state index in [-0.39, 0.29) is 18.7 Å². The molecule has 10 unspecified atom stereocenters. The summed E-state index contributed by atoms with van der Waals surface area (Å²) in [6.45, 7) is 11.0. The molecule has 1 aliphatic carbocycles. The molecule has 1 saturated carbocycles. The number of aromatic amines is 1. The number of nitrogens with zero attached hydrogens (tertiary/aromatic N) is 3. The Morgan fingerprint density at radius 2 is 1.71 bits per heavy atom. The topological polar surface area (TPSA) is 163 Å². The first-order valence-corrected chi connectivity index (χ1v) is 22.9. The number of hydrogen-bond acceptors (Lipinski definition) is 13. The summed E-state index contributed by atoms with van der Waals surface area (Å²) < 4.78 is 30.6. The highest BCUT2D eigenvalue weighted by Gasteiger charge is 2.81. The van der Waals surface area contributed by atoms with E-state index in [1.54, 1.807) is 7.11 Å². The van der Waals surface area contributed by atoms with Gasteiger partial charge in [0.25, 0.3) is 0 Å². The third kappa shape index (κ3) is 6.10. The lowest BCUT2D eigenvalue weighted by Gasteiger charge is -2.63. The molecule has 0 amide bonds. The van der Waals surface area contributed by atoms with Gasteiger partial charge in [-0.05, 0) is 80.7 Å². The van der Waals surface area contributed by atoms with Gasteiger partial charge >= 0.3 is 17.9 Å². The average Bonchev–Trinajstić information content (AvgIpc) is 3.96. The first-order chi connectivity index (χ1) is 30.3. The number of hydrogen-bond donors (Lipinski definition) is 3. The highest BCUT2D eigenvalue weighted by atomic mass is 16.6. The number of fused-ring (bicyclic) bond motifs is 6. The molecule has 10 atom stereocenters. The largest absolute Gasteiger partial charge is 0.496 e. The lowest BCUT2D eigenvalue weighted by molar-refractivity contribution is -0.229. The highest BCUT2D eigenvalue weighted by Crippen LogP contribution is 2.68. The number of carbonyl (C=O) groups excluding carboxylic acids is 3. The number of ether oxygens (including phenoxy) is 5. The summed E-state index contributed by atoms with van der Waals surface area (Å²) in [5.74, 6) is -1.67. The maximum atomic E-state index is 15.5. The highest BCUT2D eigenvalue weighted by molar-refractivity contribution is 5.95. The average molecular weight is 869 g/mol. The predicted octanol–water partition coefficient (Wildman–Crippen LogP) is 4.75. The van der Waals surface area contributed by atoms with Crippen LogP contribution in [0.4, 0.5) is 5.69 Å². The van der Waals surface area contributed by atoms with Crippen molar-refractivity contribution in [3.05, 3.63) is 70.9 Å². The standard InChI is InChI=1S/C49H64N4O10/c1-8-22-62-29-53-37-24-38(59-5)35(23-34(37)47-18-21-52-19-13-17-46(10-3,40(47)52)42(63-30(4)54)49(58,41(47)53)44(56)61-7)48(43(55)60-6)26-31-25-45(57,9-2)28-51(27-31)20-16-33-32-14-11-12-15-36(32)50-39(33)48/h11-15,17,23-24,31,40-42,50,57-58H,8-10,16,18-22,25-29H2,1-7H3. The van der Waals surface area contributed by atoms with Crippen LogP contribution in [-0.2, 0) is 50.6 Å². The van der Waals surface area contributed by atoms with Crippen molar-refractivity contribution in [1.82, 2.24) is 14.8 Å². The molecular formula is C49H64N4O10. The van der Waals surface area contributed by atoms with Crippen molar-refractivity contribution in [1.29, 1.82) is 0 Å². The molecule has 3 fully saturated rings. The Bertz CT molecular complexity index is 2330. The monoisotopic (exact) mass is 868 g/mol. The normalized spacial score (nSPS) is 35.4. The lowest BCUT2D eigenvalue weighted by Crippen LogP contribution is -2.81. The zero-order valence-corrected chi connectivity index (χ0v) is 37.8. The number of para-hydroxylation sites is 1. The van der Waals surface area contributed by atoms with Gasteiger partial charge < -0.3 is 43.8 Å². The molecule has 2 bridgehead atoms. The zero-order chi connectivity index (χ0) is 44.7. The van der Waals surface area contributed by atoms with Gasteiger partial charge in [0.1, 0.15) is 17.9 Å². The van der Waals surface area contributed by atoms with Crippen LogP contribution in [0.3, 0.4) is 0 Å². The molecule has 14 nitrogen and oxygen atoms in total. The summed E-state index contributed by atoms with van der Waals surface area (Å²) >= 11 is 0. The Labute approximate surface area is 369 Å². The van der Waals surface area contributed by atoms with Crippen molar-refractivity contribution in [2.75, 3.05) is 72.3 Å². The minimum absolute atomic E-state index is 0.00531. The van der Waals surface area contributed by atoms with Crippen LogP contribution in [0.5, 0.6) is 5.75 Å². The predicted molar refractivity (Wildman–Crippen MR) is 236 cm³/mol. The number of piperidine rings is 1. The summed E-state index contributed by atoms with van der Waals surface area (Å²) in [5, 5.41) is 26.7. The fourth-order valence-corrected chi connectivity index (χ4v) is 13.8. The van der Waals surface area contributed by atoms with E-state index >= 15 is 4.79 Å². The SMILES string of the molecule is CCCOCN1c2cc(OC)c(C3(C(=O)OC)CC4CN(CCc5c3[nH]c3ccccc53)CC(O)(CC)C4)cc2C23CCN4CC=CC(CC)(C(OC(C)=O)C(O)(C(=O)OC)C12)C43. The van der Waals surface area contributed by atoms with E-state index in [4.69, 9.17) is 23.7 Å². The number of aliphatic hydroxyl groups is 2. The number of rotatable bonds is 11. The van der Waals surface area contributed by atoms with Crippen LogP contribution in [0.2, 0.25) is 0 Å². The van der Waals surface area contributed by atoms with E-state index in [0.29, 0.717) is 94.9 Å². The number of anilines is 1. The van der Waals surface area contributed by atoms with Gasteiger partial charge in [-0.2, -0.15) is 0 Å². The molecule has 340 valence electrons. The Balaban J connectivity index is 1.38. The van der Waals surface area contributed by atoms with Crippen molar-refractivity contribution in [2.24, 2.45) is 11.3 Å². The molecule has 3 N–H and O–H groups in total. The minimum Gasteiger partial charge on any atom is -0.496 e. The number of nitrogens with one attached hydrogen (secondary N) is 1. The van der Waals surface area contributed by atoms with Crippen molar-refractivity contribution in [2.45, 2.75) is 113 Å². The van der Waals surface area contributed by atoms with Gasteiger partial charge in [-0.1, -0.05) is 51.1 Å². The fraction of sp³-hybridized carbons (Fsp3) is 0.612. The van der Waals surface area contributed by atoms with Gasteiger partial charge in [-0.15, -0.1) is 0 Å². The van der Waals surface area contributed by atoms with Gasteiger partial charge in [-0.3, -0.25) is 19.4 Å². The van der Waals surface area contributed by atoms with Crippen molar-refractivity contribution < 1.29 is 48.3 Å². The number of esters is 3. The molecule has 6 heterocycles. The van der Waals surface area contributed by atoms with E-state index in [1.165, 1.54) is 21.1 Å². The summed E-state index contributed by atoms with van der Waals surface area (Å²) in [6.07, 6.45) is 6.49. The molecule has 2 aromatic carbocycles. The molecule has 63 heavy (non-hydrogen) atoms.